The summed E-state index contributed by atoms with van der Waals surface area (Å²) in [5.74, 6) is 0.973. The molecule has 7 nitrogen and oxygen atoms in total. The zero-order valence-corrected chi connectivity index (χ0v) is 16.4. The van der Waals surface area contributed by atoms with E-state index in [4.69, 9.17) is 9.47 Å². The minimum Gasteiger partial charge on any atom is -0.497 e. The van der Waals surface area contributed by atoms with Crippen LogP contribution in [0.1, 0.15) is 11.4 Å². The molecule has 0 amide bonds. The summed E-state index contributed by atoms with van der Waals surface area (Å²) in [7, 11) is -0.846. The molecule has 1 N–H and O–H groups in total. The summed E-state index contributed by atoms with van der Waals surface area (Å²) >= 11 is 0. The lowest BCUT2D eigenvalue weighted by Crippen LogP contribution is -2.15. The van der Waals surface area contributed by atoms with Crippen LogP contribution in [0.5, 0.6) is 11.5 Å². The zero-order valence-electron chi connectivity index (χ0n) is 15.6. The van der Waals surface area contributed by atoms with Crippen molar-refractivity contribution in [3.8, 4) is 17.2 Å². The van der Waals surface area contributed by atoms with Gasteiger partial charge >= 0.3 is 0 Å². The van der Waals surface area contributed by atoms with Crippen molar-refractivity contribution in [3.05, 3.63) is 59.9 Å². The molecule has 8 heteroatoms. The fourth-order valence-corrected chi connectivity index (χ4v) is 4.35. The molecule has 0 aliphatic carbocycles. The monoisotopic (exact) mass is 387 g/mol. The summed E-state index contributed by atoms with van der Waals surface area (Å²) < 4.78 is 40.7. The maximum atomic E-state index is 13.0. The van der Waals surface area contributed by atoms with E-state index in [9.17, 15) is 8.42 Å². The molecule has 0 atom stereocenters. The molecule has 0 bridgehead atoms. The number of methoxy groups -OCH3 is 2. The fourth-order valence-electron chi connectivity index (χ4n) is 2.91. The lowest BCUT2D eigenvalue weighted by atomic mass is 10.3. The van der Waals surface area contributed by atoms with Crippen LogP contribution >= 0.6 is 0 Å². The zero-order chi connectivity index (χ0) is 19.6. The highest BCUT2D eigenvalue weighted by Gasteiger charge is 2.25. The minimum atomic E-state index is -3.86. The van der Waals surface area contributed by atoms with E-state index in [0.29, 0.717) is 28.6 Å². The van der Waals surface area contributed by atoms with Gasteiger partial charge in [0.1, 0.15) is 16.4 Å². The molecule has 3 aromatic rings. The number of aryl methyl sites for hydroxylation is 1. The molecular formula is C19H21N3O4S. The molecule has 0 unspecified atom stereocenters. The molecule has 0 spiro atoms. The van der Waals surface area contributed by atoms with Crippen LogP contribution in [0.4, 0.5) is 5.69 Å². The van der Waals surface area contributed by atoms with Crippen molar-refractivity contribution in [2.45, 2.75) is 18.7 Å². The maximum Gasteiger partial charge on any atom is 0.265 e. The van der Waals surface area contributed by atoms with Gasteiger partial charge in [-0.15, -0.1) is 0 Å². The number of sulfonamides is 1. The number of ether oxygens (including phenoxy) is 2. The molecule has 27 heavy (non-hydrogen) atoms. The normalized spacial score (nSPS) is 11.3. The van der Waals surface area contributed by atoms with Crippen molar-refractivity contribution < 1.29 is 17.9 Å². The van der Waals surface area contributed by atoms with Crippen LogP contribution < -0.4 is 14.2 Å². The Bertz CT molecular complexity index is 1040. The Morgan fingerprint density at radius 1 is 0.963 bits per heavy atom. The van der Waals surface area contributed by atoms with Crippen molar-refractivity contribution in [2.75, 3.05) is 18.9 Å². The third-order valence-corrected chi connectivity index (χ3v) is 5.73. The Kier molecular flexibility index (Phi) is 5.09. The predicted octanol–water partition coefficient (Wildman–Crippen LogP) is 3.31. The molecule has 3 rings (SSSR count). The number of benzene rings is 2. The highest BCUT2D eigenvalue weighted by Crippen LogP contribution is 2.29. The topological polar surface area (TPSA) is 82.5 Å². The first-order valence-corrected chi connectivity index (χ1v) is 9.71. The summed E-state index contributed by atoms with van der Waals surface area (Å²) in [6.45, 7) is 3.40. The summed E-state index contributed by atoms with van der Waals surface area (Å²) in [6.07, 6.45) is 0. The van der Waals surface area contributed by atoms with Gasteiger partial charge in [-0.2, -0.15) is 5.10 Å². The van der Waals surface area contributed by atoms with Gasteiger partial charge in [0.05, 0.1) is 37.0 Å². The molecule has 0 saturated heterocycles. The Labute approximate surface area is 158 Å². The van der Waals surface area contributed by atoms with Crippen LogP contribution in [0, 0.1) is 13.8 Å². The largest absolute Gasteiger partial charge is 0.497 e. The Hall–Kier alpha value is -3.00. The second-order valence-corrected chi connectivity index (χ2v) is 7.57. The number of hydrogen-bond acceptors (Lipinski definition) is 5. The molecule has 142 valence electrons. The Morgan fingerprint density at radius 3 is 2.11 bits per heavy atom. The molecule has 0 fully saturated rings. The molecule has 1 heterocycles. The standard InChI is InChI=1S/C19H21N3O4S/c1-13-19(14(2)22(20-13)16-8-6-5-7-9-16)27(23,24)21-15-10-17(25-3)12-18(11-15)26-4/h5-12,21H,1-4H3. The van der Waals surface area contributed by atoms with Gasteiger partial charge in [-0.05, 0) is 26.0 Å². The van der Waals surface area contributed by atoms with Gasteiger partial charge in [0.2, 0.25) is 0 Å². The summed E-state index contributed by atoms with van der Waals surface area (Å²) in [4.78, 5) is 0.146. The van der Waals surface area contributed by atoms with Gasteiger partial charge in [0, 0.05) is 18.2 Å². The quantitative estimate of drug-likeness (QED) is 0.702. The van der Waals surface area contributed by atoms with Gasteiger partial charge in [0.15, 0.2) is 0 Å². The van der Waals surface area contributed by atoms with Crippen molar-refractivity contribution in [3.63, 3.8) is 0 Å². The van der Waals surface area contributed by atoms with Crippen LogP contribution in [0.25, 0.3) is 5.69 Å². The minimum absolute atomic E-state index is 0.146. The van der Waals surface area contributed by atoms with E-state index in [1.807, 2.05) is 30.3 Å². The van der Waals surface area contributed by atoms with E-state index < -0.39 is 10.0 Å². The van der Waals surface area contributed by atoms with Crippen molar-refractivity contribution in [1.29, 1.82) is 0 Å². The van der Waals surface area contributed by atoms with E-state index in [-0.39, 0.29) is 4.90 Å². The average Bonchev–Trinajstić information content (AvgIpc) is 2.96. The van der Waals surface area contributed by atoms with Crippen LogP contribution in [0.2, 0.25) is 0 Å². The smallest absolute Gasteiger partial charge is 0.265 e. The van der Waals surface area contributed by atoms with Crippen molar-refractivity contribution >= 4 is 15.7 Å². The molecule has 2 aromatic carbocycles. The third-order valence-electron chi connectivity index (χ3n) is 4.10. The predicted molar refractivity (Wildman–Crippen MR) is 103 cm³/mol. The first-order valence-electron chi connectivity index (χ1n) is 8.23. The number of rotatable bonds is 6. The van der Waals surface area contributed by atoms with Gasteiger partial charge < -0.3 is 9.47 Å². The molecule has 1 aromatic heterocycles. The van der Waals surface area contributed by atoms with E-state index in [1.54, 1.807) is 36.7 Å². The molecule has 0 aliphatic rings. The number of nitrogens with zero attached hydrogens (tertiary/aromatic N) is 2. The van der Waals surface area contributed by atoms with Crippen LogP contribution in [-0.2, 0) is 10.0 Å². The van der Waals surface area contributed by atoms with E-state index in [1.165, 1.54) is 14.2 Å². The number of para-hydroxylation sites is 1. The summed E-state index contributed by atoms with van der Waals surface area (Å²) in [5.41, 5.74) is 2.08. The van der Waals surface area contributed by atoms with Crippen molar-refractivity contribution in [2.24, 2.45) is 0 Å². The molecule has 0 radical (unpaired) electrons. The molecule has 0 aliphatic heterocycles. The first kappa shape index (κ1) is 18.8. The van der Waals surface area contributed by atoms with Crippen LogP contribution in [0.3, 0.4) is 0 Å². The third kappa shape index (κ3) is 3.75. The Balaban J connectivity index is 2.03. The van der Waals surface area contributed by atoms with Gasteiger partial charge in [-0.25, -0.2) is 13.1 Å². The maximum absolute atomic E-state index is 13.0. The van der Waals surface area contributed by atoms with E-state index in [2.05, 4.69) is 9.82 Å². The fraction of sp³-hybridized carbons (Fsp3) is 0.211. The van der Waals surface area contributed by atoms with Gasteiger partial charge in [0.25, 0.3) is 10.0 Å². The highest BCUT2D eigenvalue weighted by atomic mass is 32.2. The van der Waals surface area contributed by atoms with E-state index >= 15 is 0 Å². The lowest BCUT2D eigenvalue weighted by molar-refractivity contribution is 0.395. The second-order valence-electron chi connectivity index (χ2n) is 5.95. The number of nitrogens with one attached hydrogen (secondary N) is 1. The van der Waals surface area contributed by atoms with E-state index in [0.717, 1.165) is 5.69 Å². The number of aromatic nitrogens is 2. The SMILES string of the molecule is COc1cc(NS(=O)(=O)c2c(C)nn(-c3ccccc3)c2C)cc(OC)c1. The lowest BCUT2D eigenvalue weighted by Gasteiger charge is -2.12. The first-order chi connectivity index (χ1) is 12.9. The molecule has 0 saturated carbocycles. The highest BCUT2D eigenvalue weighted by molar-refractivity contribution is 7.92. The summed E-state index contributed by atoms with van der Waals surface area (Å²) in [6, 6.07) is 14.2. The van der Waals surface area contributed by atoms with Crippen molar-refractivity contribution in [1.82, 2.24) is 9.78 Å². The van der Waals surface area contributed by atoms with Gasteiger partial charge in [-0.3, -0.25) is 4.72 Å². The van der Waals surface area contributed by atoms with Crippen LogP contribution in [0.15, 0.2) is 53.4 Å². The Morgan fingerprint density at radius 2 is 1.56 bits per heavy atom. The number of anilines is 1. The summed E-state index contributed by atoms with van der Waals surface area (Å²) in [5, 5.41) is 4.40. The van der Waals surface area contributed by atoms with Gasteiger partial charge in [-0.1, -0.05) is 18.2 Å². The average molecular weight is 387 g/mol. The number of hydrogen-bond donors (Lipinski definition) is 1. The molecular weight excluding hydrogens is 366 g/mol. The second kappa shape index (κ2) is 7.32. The van der Waals surface area contributed by atoms with Crippen LogP contribution in [-0.4, -0.2) is 32.4 Å².